The molecule has 2 rings (SSSR count). The van der Waals surface area contributed by atoms with E-state index < -0.39 is 0 Å². The Hall–Kier alpha value is -2.04. The number of H-pyrrole nitrogens is 1. The van der Waals surface area contributed by atoms with Crippen molar-refractivity contribution in [1.29, 1.82) is 0 Å². The number of amidine groups is 1. The van der Waals surface area contributed by atoms with Crippen LogP contribution in [0, 0.1) is 0 Å². The van der Waals surface area contributed by atoms with Crippen LogP contribution in [-0.2, 0) is 0 Å². The molecule has 0 atom stereocenters. The van der Waals surface area contributed by atoms with Gasteiger partial charge in [-0.05, 0) is 38.3 Å². The second-order valence-corrected chi connectivity index (χ2v) is 4.65. The van der Waals surface area contributed by atoms with E-state index >= 15 is 0 Å². The molecule has 0 spiro atoms. The summed E-state index contributed by atoms with van der Waals surface area (Å²) in [4.78, 5) is 4.46. The molecule has 5 nitrogen and oxygen atoms in total. The van der Waals surface area contributed by atoms with Gasteiger partial charge < -0.3 is 11.1 Å². The summed E-state index contributed by atoms with van der Waals surface area (Å²) >= 11 is 0. The predicted molar refractivity (Wildman–Crippen MR) is 78.2 cm³/mol. The van der Waals surface area contributed by atoms with Gasteiger partial charge in [0.25, 0.3) is 0 Å². The van der Waals surface area contributed by atoms with Crippen molar-refractivity contribution in [2.45, 2.75) is 39.0 Å². The van der Waals surface area contributed by atoms with Gasteiger partial charge in [0.2, 0.25) is 0 Å². The number of nitrogens with two attached hydrogens (primary N) is 1. The molecule has 1 aromatic heterocycles. The fourth-order valence-corrected chi connectivity index (χ4v) is 1.79. The zero-order valence-corrected chi connectivity index (χ0v) is 11.5. The van der Waals surface area contributed by atoms with Crippen LogP contribution in [0.5, 0.6) is 0 Å². The van der Waals surface area contributed by atoms with E-state index in [0.29, 0.717) is 23.4 Å². The van der Waals surface area contributed by atoms with Crippen molar-refractivity contribution < 1.29 is 0 Å². The molecule has 0 saturated heterocycles. The van der Waals surface area contributed by atoms with Crippen molar-refractivity contribution in [3.63, 3.8) is 0 Å². The average Bonchev–Trinajstić information content (AvgIpc) is 3.11. The Morgan fingerprint density at radius 2 is 2.42 bits per heavy atom. The first-order chi connectivity index (χ1) is 9.22. The lowest BCUT2D eigenvalue weighted by molar-refractivity contribution is 0.963. The first-order valence-electron chi connectivity index (χ1n) is 6.72. The zero-order chi connectivity index (χ0) is 13.7. The smallest absolute Gasteiger partial charge is 0.175 e. The van der Waals surface area contributed by atoms with Crippen LogP contribution in [0.25, 0.3) is 0 Å². The summed E-state index contributed by atoms with van der Waals surface area (Å²) in [6, 6.07) is 2.00. The highest BCUT2D eigenvalue weighted by molar-refractivity contribution is 5.95. The molecule has 0 aliphatic heterocycles. The molecule has 1 aromatic rings. The number of nitrogens with one attached hydrogen (secondary N) is 2. The van der Waals surface area contributed by atoms with Crippen LogP contribution in [0.3, 0.4) is 0 Å². The highest BCUT2D eigenvalue weighted by Crippen LogP contribution is 2.39. The third-order valence-corrected chi connectivity index (χ3v) is 2.86. The van der Waals surface area contributed by atoms with Gasteiger partial charge in [-0.15, -0.1) is 0 Å². The predicted octanol–water partition coefficient (Wildman–Crippen LogP) is 2.69. The van der Waals surface area contributed by atoms with Gasteiger partial charge in [-0.2, -0.15) is 5.10 Å². The molecule has 1 heterocycles. The van der Waals surface area contributed by atoms with Crippen molar-refractivity contribution in [2.75, 3.05) is 0 Å². The van der Waals surface area contributed by atoms with Crippen LogP contribution < -0.4 is 11.1 Å². The number of allylic oxidation sites excluding steroid dienone is 2. The summed E-state index contributed by atoms with van der Waals surface area (Å²) in [7, 11) is 0. The average molecular weight is 259 g/mol. The standard InChI is InChI=1S/C14H21N5/c1-3-5-12(15)16-13(6-4-2)17-14-9-11(18-19-14)10-7-8-10/h4-6,9-10H,3,7-8,15H2,1-2H3,(H2,16,17,18,19)/b6-4-,12-5+. The van der Waals surface area contributed by atoms with Crippen molar-refractivity contribution in [3.05, 3.63) is 35.8 Å². The van der Waals surface area contributed by atoms with Crippen LogP contribution in [0.1, 0.15) is 44.7 Å². The minimum absolute atomic E-state index is 0.609. The molecule has 0 radical (unpaired) electrons. The molecule has 5 heteroatoms. The van der Waals surface area contributed by atoms with Crippen LogP contribution >= 0.6 is 0 Å². The number of aliphatic imine (C=N–C) groups is 1. The van der Waals surface area contributed by atoms with E-state index in [4.69, 9.17) is 5.73 Å². The van der Waals surface area contributed by atoms with Gasteiger partial charge in [0.15, 0.2) is 5.82 Å². The number of aromatic amines is 1. The van der Waals surface area contributed by atoms with Gasteiger partial charge >= 0.3 is 0 Å². The normalized spacial score (nSPS) is 17.2. The van der Waals surface area contributed by atoms with Crippen molar-refractivity contribution in [1.82, 2.24) is 15.5 Å². The second kappa shape index (κ2) is 6.22. The summed E-state index contributed by atoms with van der Waals surface area (Å²) in [5.74, 6) is 2.64. The summed E-state index contributed by atoms with van der Waals surface area (Å²) < 4.78 is 0. The summed E-state index contributed by atoms with van der Waals surface area (Å²) in [5, 5.41) is 10.3. The molecule has 1 aliphatic carbocycles. The van der Waals surface area contributed by atoms with Crippen molar-refractivity contribution >= 4 is 11.7 Å². The quantitative estimate of drug-likeness (QED) is 0.562. The van der Waals surface area contributed by atoms with Crippen LogP contribution in [0.15, 0.2) is 35.1 Å². The second-order valence-electron chi connectivity index (χ2n) is 4.65. The number of nitrogens with zero attached hydrogens (tertiary/aromatic N) is 2. The zero-order valence-electron chi connectivity index (χ0n) is 11.5. The number of hydrogen-bond acceptors (Lipinski definition) is 3. The summed E-state index contributed by atoms with van der Waals surface area (Å²) in [5.41, 5.74) is 7.02. The Morgan fingerprint density at radius 1 is 1.63 bits per heavy atom. The molecule has 1 fully saturated rings. The lowest BCUT2D eigenvalue weighted by Gasteiger charge is -2.05. The van der Waals surface area contributed by atoms with Crippen molar-refractivity contribution in [2.24, 2.45) is 10.7 Å². The highest BCUT2D eigenvalue weighted by Gasteiger charge is 2.25. The van der Waals surface area contributed by atoms with Gasteiger partial charge in [0.05, 0.1) is 5.82 Å². The molecule has 0 aromatic carbocycles. The molecular formula is C14H21N5. The Bertz CT molecular complexity index is 506. The largest absolute Gasteiger partial charge is 0.385 e. The molecular weight excluding hydrogens is 238 g/mol. The van der Waals surface area contributed by atoms with Gasteiger partial charge in [0.1, 0.15) is 5.84 Å². The maximum atomic E-state index is 5.84. The van der Waals surface area contributed by atoms with Gasteiger partial charge in [-0.25, -0.2) is 4.99 Å². The Balaban J connectivity index is 2.11. The molecule has 0 bridgehead atoms. The first kappa shape index (κ1) is 13.4. The van der Waals surface area contributed by atoms with E-state index in [-0.39, 0.29) is 0 Å². The fourth-order valence-electron chi connectivity index (χ4n) is 1.79. The van der Waals surface area contributed by atoms with Crippen molar-refractivity contribution in [3.8, 4) is 0 Å². The third kappa shape index (κ3) is 3.98. The van der Waals surface area contributed by atoms with Gasteiger partial charge in [-0.1, -0.05) is 13.0 Å². The van der Waals surface area contributed by atoms with E-state index in [1.807, 2.05) is 38.1 Å². The molecule has 0 unspecified atom stereocenters. The number of hydrogen-bond donors (Lipinski definition) is 3. The molecule has 19 heavy (non-hydrogen) atoms. The molecule has 4 N–H and O–H groups in total. The maximum absolute atomic E-state index is 5.84. The minimum atomic E-state index is 0.609. The monoisotopic (exact) mass is 259 g/mol. The Kier molecular flexibility index (Phi) is 4.39. The van der Waals surface area contributed by atoms with E-state index in [1.165, 1.54) is 18.5 Å². The SMILES string of the molecule is C/C=C\C(=Nc1cc(C2CC2)[nH]n1)N/C(N)=C/CC. The summed E-state index contributed by atoms with van der Waals surface area (Å²) in [6.07, 6.45) is 9.09. The number of rotatable bonds is 5. The topological polar surface area (TPSA) is 79.1 Å². The van der Waals surface area contributed by atoms with Crippen LogP contribution in [-0.4, -0.2) is 16.0 Å². The first-order valence-corrected chi connectivity index (χ1v) is 6.72. The minimum Gasteiger partial charge on any atom is -0.385 e. The molecule has 102 valence electrons. The molecule has 1 aliphatic rings. The number of aromatic nitrogens is 2. The molecule has 0 amide bonds. The maximum Gasteiger partial charge on any atom is 0.175 e. The van der Waals surface area contributed by atoms with E-state index in [1.54, 1.807) is 0 Å². The van der Waals surface area contributed by atoms with Crippen LogP contribution in [0.4, 0.5) is 5.82 Å². The van der Waals surface area contributed by atoms with Crippen LogP contribution in [0.2, 0.25) is 0 Å². The highest BCUT2D eigenvalue weighted by atomic mass is 15.2. The Morgan fingerprint density at radius 3 is 3.05 bits per heavy atom. The fraction of sp³-hybridized carbons (Fsp3) is 0.429. The van der Waals surface area contributed by atoms with E-state index in [9.17, 15) is 0 Å². The third-order valence-electron chi connectivity index (χ3n) is 2.86. The van der Waals surface area contributed by atoms with E-state index in [0.717, 1.165) is 6.42 Å². The molecule has 1 saturated carbocycles. The Labute approximate surface area is 113 Å². The van der Waals surface area contributed by atoms with E-state index in [2.05, 4.69) is 20.5 Å². The van der Waals surface area contributed by atoms with Gasteiger partial charge in [0, 0.05) is 17.7 Å². The summed E-state index contributed by atoms with van der Waals surface area (Å²) in [6.45, 7) is 3.98. The van der Waals surface area contributed by atoms with Gasteiger partial charge in [-0.3, -0.25) is 5.10 Å². The lowest BCUT2D eigenvalue weighted by atomic mass is 10.3. The lowest BCUT2D eigenvalue weighted by Crippen LogP contribution is -2.25.